The Bertz CT molecular complexity index is 870. The third-order valence-electron chi connectivity index (χ3n) is 5.17. The van der Waals surface area contributed by atoms with Crippen molar-refractivity contribution in [1.82, 2.24) is 14.5 Å². The molecule has 2 fully saturated rings. The molecule has 2 aliphatic rings. The van der Waals surface area contributed by atoms with Gasteiger partial charge >= 0.3 is 6.16 Å². The summed E-state index contributed by atoms with van der Waals surface area (Å²) in [6.45, 7) is 3.82. The van der Waals surface area contributed by atoms with Crippen LogP contribution >= 0.6 is 0 Å². The predicted molar refractivity (Wildman–Crippen MR) is 98.8 cm³/mol. The summed E-state index contributed by atoms with van der Waals surface area (Å²) in [4.78, 5) is 38.5. The molecule has 1 aromatic carbocycles. The Morgan fingerprint density at radius 2 is 2.00 bits per heavy atom. The van der Waals surface area contributed by atoms with Gasteiger partial charge in [0.25, 0.3) is 6.47 Å². The Labute approximate surface area is 161 Å². The Kier molecular flexibility index (Phi) is 5.81. The number of amides is 1. The third kappa shape index (κ3) is 4.08. The van der Waals surface area contributed by atoms with Gasteiger partial charge in [0.2, 0.25) is 5.91 Å². The van der Waals surface area contributed by atoms with Crippen LogP contribution in [0.15, 0.2) is 24.3 Å². The molecule has 1 aromatic heterocycles. The van der Waals surface area contributed by atoms with Crippen molar-refractivity contribution in [2.24, 2.45) is 0 Å². The van der Waals surface area contributed by atoms with Gasteiger partial charge in [0.05, 0.1) is 11.0 Å². The van der Waals surface area contributed by atoms with Crippen molar-refractivity contribution in [1.29, 1.82) is 0 Å². The first kappa shape index (κ1) is 19.7. The molecule has 1 amide bonds. The predicted octanol–water partition coefficient (Wildman–Crippen LogP) is 1.96. The first-order valence-electron chi connectivity index (χ1n) is 9.11. The zero-order valence-electron chi connectivity index (χ0n) is 15.7. The Hall–Kier alpha value is -3.10. The number of hydrogen-bond donors (Lipinski definition) is 1. The number of fused-ring (bicyclic) bond motifs is 1. The number of cyclic esters (lactones) is 1. The van der Waals surface area contributed by atoms with Crippen molar-refractivity contribution in [3.8, 4) is 0 Å². The highest BCUT2D eigenvalue weighted by Gasteiger charge is 2.45. The highest BCUT2D eigenvalue weighted by Crippen LogP contribution is 2.31. The topological polar surface area (TPSA) is 111 Å². The molecule has 1 N–H and O–H groups in total. The zero-order valence-corrected chi connectivity index (χ0v) is 15.7. The van der Waals surface area contributed by atoms with Crippen LogP contribution in [-0.4, -0.2) is 63.4 Å². The number of ether oxygens (including phenoxy) is 2. The second kappa shape index (κ2) is 8.28. The highest BCUT2D eigenvalue weighted by atomic mass is 16.8. The number of aromatic nitrogens is 2. The maximum absolute atomic E-state index is 12.6. The molecular weight excluding hydrogens is 366 g/mol. The zero-order chi connectivity index (χ0) is 20.1. The number of piperidine rings is 1. The molecule has 2 aromatic rings. The van der Waals surface area contributed by atoms with Crippen LogP contribution in [0, 0.1) is 6.92 Å². The van der Waals surface area contributed by atoms with Crippen molar-refractivity contribution < 1.29 is 29.0 Å². The number of carbonyl (C=O) groups excluding carboxylic acids is 2. The fourth-order valence-electron chi connectivity index (χ4n) is 3.68. The molecule has 4 rings (SSSR count). The summed E-state index contributed by atoms with van der Waals surface area (Å²) in [5.41, 5.74) is 1.49. The maximum atomic E-state index is 12.6. The van der Waals surface area contributed by atoms with E-state index in [0.29, 0.717) is 45.5 Å². The molecule has 0 atom stereocenters. The van der Waals surface area contributed by atoms with Gasteiger partial charge in [-0.2, -0.15) is 0 Å². The lowest BCUT2D eigenvalue weighted by Gasteiger charge is -2.36. The molecule has 0 aliphatic carbocycles. The van der Waals surface area contributed by atoms with Crippen molar-refractivity contribution in [2.75, 3.05) is 19.7 Å². The van der Waals surface area contributed by atoms with Crippen LogP contribution in [-0.2, 0) is 25.6 Å². The monoisotopic (exact) mass is 389 g/mol. The number of likely N-dealkylation sites (tertiary alicyclic amines) is 1. The van der Waals surface area contributed by atoms with E-state index in [9.17, 15) is 9.59 Å². The smallest absolute Gasteiger partial charge is 0.483 e. The van der Waals surface area contributed by atoms with E-state index in [0.717, 1.165) is 16.9 Å². The third-order valence-corrected chi connectivity index (χ3v) is 5.17. The molecule has 1 spiro atoms. The summed E-state index contributed by atoms with van der Waals surface area (Å²) in [7, 11) is 0. The van der Waals surface area contributed by atoms with Gasteiger partial charge in [-0.15, -0.1) is 0 Å². The van der Waals surface area contributed by atoms with Gasteiger partial charge in [-0.05, 0) is 19.1 Å². The van der Waals surface area contributed by atoms with Gasteiger partial charge in [0, 0.05) is 38.9 Å². The fourth-order valence-corrected chi connectivity index (χ4v) is 3.68. The summed E-state index contributed by atoms with van der Waals surface area (Å²) < 4.78 is 12.3. The Morgan fingerprint density at radius 3 is 2.64 bits per heavy atom. The quantitative estimate of drug-likeness (QED) is 0.631. The lowest BCUT2D eigenvalue weighted by molar-refractivity contribution is -0.134. The summed E-state index contributed by atoms with van der Waals surface area (Å²) in [6.07, 6.45) is 1.11. The molecule has 150 valence electrons. The normalized spacial score (nSPS) is 17.6. The van der Waals surface area contributed by atoms with Crippen LogP contribution in [0.2, 0.25) is 0 Å². The Morgan fingerprint density at radius 1 is 1.32 bits per heavy atom. The van der Waals surface area contributed by atoms with Crippen LogP contribution in [0.3, 0.4) is 0 Å². The number of hydrogen-bond acceptors (Lipinski definition) is 6. The summed E-state index contributed by atoms with van der Waals surface area (Å²) in [5.74, 6) is 1.04. The molecule has 9 nitrogen and oxygen atoms in total. The molecule has 2 saturated heterocycles. The van der Waals surface area contributed by atoms with Crippen LogP contribution in [0.5, 0.6) is 0 Å². The van der Waals surface area contributed by atoms with Crippen molar-refractivity contribution in [2.45, 2.75) is 38.3 Å². The van der Waals surface area contributed by atoms with Gasteiger partial charge in [-0.1, -0.05) is 12.1 Å². The van der Waals surface area contributed by atoms with E-state index in [2.05, 4.69) is 9.55 Å². The van der Waals surface area contributed by atoms with E-state index >= 15 is 0 Å². The number of carboxylic acid groups (broad SMARTS) is 1. The lowest BCUT2D eigenvalue weighted by atomic mass is 9.92. The van der Waals surface area contributed by atoms with E-state index in [1.165, 1.54) is 0 Å². The van der Waals surface area contributed by atoms with Crippen LogP contribution in [0.25, 0.3) is 11.0 Å². The molecule has 0 unspecified atom stereocenters. The van der Waals surface area contributed by atoms with Gasteiger partial charge in [0.15, 0.2) is 5.60 Å². The molecule has 3 heterocycles. The second-order valence-corrected chi connectivity index (χ2v) is 6.86. The number of carbonyl (C=O) groups is 3. The fraction of sp³-hybridized carbons (Fsp3) is 0.474. The molecule has 0 radical (unpaired) electrons. The SMILES string of the molecule is Cc1nc2ccccc2n1CCC(=O)N1CCC2(CC1)COC(=O)O2.O=CO. The first-order valence-corrected chi connectivity index (χ1v) is 9.11. The molecule has 28 heavy (non-hydrogen) atoms. The van der Waals surface area contributed by atoms with Gasteiger partial charge < -0.3 is 24.0 Å². The summed E-state index contributed by atoms with van der Waals surface area (Å²) >= 11 is 0. The van der Waals surface area contributed by atoms with Gasteiger partial charge in [-0.3, -0.25) is 9.59 Å². The second-order valence-electron chi connectivity index (χ2n) is 6.86. The number of aryl methyl sites for hydroxylation is 2. The maximum Gasteiger partial charge on any atom is 0.509 e. The largest absolute Gasteiger partial charge is 0.509 e. The molecule has 0 bridgehead atoms. The van der Waals surface area contributed by atoms with Crippen LogP contribution < -0.4 is 0 Å². The molecule has 9 heteroatoms. The standard InChI is InChI=1S/C18H21N3O4.CH2O2/c1-13-19-14-4-2-3-5-15(14)21(13)9-6-16(22)20-10-7-18(8-11-20)12-24-17(23)25-18;2-1-3/h2-5H,6-12H2,1H3;1H,(H,2,3). The molecular formula is C19H23N3O6. The van der Waals surface area contributed by atoms with E-state index < -0.39 is 11.8 Å². The minimum atomic E-state index is -0.595. The van der Waals surface area contributed by atoms with Crippen LogP contribution in [0.4, 0.5) is 4.79 Å². The minimum Gasteiger partial charge on any atom is -0.483 e. The molecule has 2 aliphatic heterocycles. The van der Waals surface area contributed by atoms with Crippen molar-refractivity contribution in [3.63, 3.8) is 0 Å². The lowest BCUT2D eigenvalue weighted by Crippen LogP contribution is -2.48. The summed E-state index contributed by atoms with van der Waals surface area (Å²) in [5, 5.41) is 6.89. The first-order chi connectivity index (χ1) is 13.5. The number of para-hydroxylation sites is 2. The number of benzene rings is 1. The van der Waals surface area contributed by atoms with Gasteiger partial charge in [0.1, 0.15) is 12.4 Å². The van der Waals surface area contributed by atoms with E-state index in [1.54, 1.807) is 0 Å². The van der Waals surface area contributed by atoms with Crippen molar-refractivity contribution in [3.05, 3.63) is 30.1 Å². The average molecular weight is 389 g/mol. The van der Waals surface area contributed by atoms with E-state index in [4.69, 9.17) is 19.4 Å². The van der Waals surface area contributed by atoms with E-state index in [-0.39, 0.29) is 12.4 Å². The average Bonchev–Trinajstić information content (AvgIpc) is 3.20. The number of nitrogens with zero attached hydrogens (tertiary/aromatic N) is 3. The van der Waals surface area contributed by atoms with Crippen LogP contribution in [0.1, 0.15) is 25.1 Å². The number of imidazole rings is 1. The highest BCUT2D eigenvalue weighted by molar-refractivity contribution is 5.78. The molecule has 0 saturated carbocycles. The van der Waals surface area contributed by atoms with Crippen molar-refractivity contribution >= 4 is 29.6 Å². The van der Waals surface area contributed by atoms with E-state index in [1.807, 2.05) is 36.1 Å². The minimum absolute atomic E-state index is 0.122. The number of rotatable bonds is 3. The Balaban J connectivity index is 0.000000706. The van der Waals surface area contributed by atoms with Gasteiger partial charge in [-0.25, -0.2) is 9.78 Å². The summed E-state index contributed by atoms with van der Waals surface area (Å²) in [6, 6.07) is 7.96.